The first-order chi connectivity index (χ1) is 9.23. The maximum Gasteiger partial charge on any atom is 0.406 e. The molecule has 2 amide bonds. The van der Waals surface area contributed by atoms with Gasteiger partial charge in [-0.15, -0.1) is 11.3 Å². The van der Waals surface area contributed by atoms with E-state index in [1.807, 2.05) is 0 Å². The minimum atomic E-state index is -4.47. The van der Waals surface area contributed by atoms with Gasteiger partial charge in [-0.1, -0.05) is 0 Å². The molecule has 0 radical (unpaired) electrons. The van der Waals surface area contributed by atoms with Gasteiger partial charge < -0.3 is 15.3 Å². The highest BCUT2D eigenvalue weighted by atomic mass is 32.1. The lowest BCUT2D eigenvalue weighted by molar-refractivity contribution is -0.139. The molecule has 1 aromatic heterocycles. The van der Waals surface area contributed by atoms with Crippen LogP contribution in [-0.2, 0) is 6.54 Å². The SMILES string of the molecule is CCN(CC(F)(F)F)C(=O)NCc1nc(C(=O)O)cs1. The van der Waals surface area contributed by atoms with Crippen LogP contribution in [0.1, 0.15) is 22.4 Å². The average Bonchev–Trinajstić information content (AvgIpc) is 2.80. The van der Waals surface area contributed by atoms with Crippen molar-refractivity contribution in [1.82, 2.24) is 15.2 Å². The monoisotopic (exact) mass is 311 g/mol. The van der Waals surface area contributed by atoms with Gasteiger partial charge in [-0.3, -0.25) is 0 Å². The quantitative estimate of drug-likeness (QED) is 0.870. The molecule has 0 fully saturated rings. The Morgan fingerprint density at radius 1 is 1.50 bits per heavy atom. The van der Waals surface area contributed by atoms with E-state index in [-0.39, 0.29) is 18.8 Å². The average molecular weight is 311 g/mol. The fraction of sp³-hybridized carbons (Fsp3) is 0.500. The lowest BCUT2D eigenvalue weighted by Gasteiger charge is -2.22. The molecule has 0 spiro atoms. The molecule has 10 heteroatoms. The molecule has 2 N–H and O–H groups in total. The summed E-state index contributed by atoms with van der Waals surface area (Å²) in [6.45, 7) is -0.125. The van der Waals surface area contributed by atoms with Crippen molar-refractivity contribution in [3.8, 4) is 0 Å². The second-order valence-electron chi connectivity index (χ2n) is 3.72. The first-order valence-corrected chi connectivity index (χ1v) is 6.38. The Kier molecular flexibility index (Phi) is 5.31. The Balaban J connectivity index is 2.54. The highest BCUT2D eigenvalue weighted by Gasteiger charge is 2.32. The number of carbonyl (C=O) groups is 2. The van der Waals surface area contributed by atoms with E-state index in [4.69, 9.17) is 5.11 Å². The van der Waals surface area contributed by atoms with Gasteiger partial charge in [0.15, 0.2) is 5.69 Å². The number of alkyl halides is 3. The van der Waals surface area contributed by atoms with Crippen molar-refractivity contribution in [3.63, 3.8) is 0 Å². The van der Waals surface area contributed by atoms with Crippen LogP contribution < -0.4 is 5.32 Å². The second kappa shape index (κ2) is 6.55. The molecule has 0 aromatic carbocycles. The summed E-state index contributed by atoms with van der Waals surface area (Å²) >= 11 is 1.00. The minimum Gasteiger partial charge on any atom is -0.476 e. The van der Waals surface area contributed by atoms with E-state index in [0.717, 1.165) is 11.3 Å². The molecule has 20 heavy (non-hydrogen) atoms. The zero-order valence-electron chi connectivity index (χ0n) is 10.4. The fourth-order valence-corrected chi connectivity index (χ4v) is 2.00. The predicted molar refractivity (Wildman–Crippen MR) is 64.6 cm³/mol. The summed E-state index contributed by atoms with van der Waals surface area (Å²) < 4.78 is 36.6. The van der Waals surface area contributed by atoms with Crippen molar-refractivity contribution < 1.29 is 27.9 Å². The fourth-order valence-electron chi connectivity index (χ4n) is 1.30. The van der Waals surface area contributed by atoms with Gasteiger partial charge in [0.25, 0.3) is 0 Å². The van der Waals surface area contributed by atoms with Crippen LogP contribution in [0.15, 0.2) is 5.38 Å². The van der Waals surface area contributed by atoms with E-state index in [1.54, 1.807) is 0 Å². The molecule has 0 aliphatic heterocycles. The van der Waals surface area contributed by atoms with Crippen molar-refractivity contribution in [1.29, 1.82) is 0 Å². The summed E-state index contributed by atoms with van der Waals surface area (Å²) in [4.78, 5) is 26.4. The van der Waals surface area contributed by atoms with Crippen LogP contribution in [0.2, 0.25) is 0 Å². The third-order valence-electron chi connectivity index (χ3n) is 2.20. The van der Waals surface area contributed by atoms with Crippen molar-refractivity contribution in [2.75, 3.05) is 13.1 Å². The second-order valence-corrected chi connectivity index (χ2v) is 4.66. The molecule has 0 unspecified atom stereocenters. The number of amides is 2. The summed E-state index contributed by atoms with van der Waals surface area (Å²) in [6.07, 6.45) is -4.47. The number of halogens is 3. The summed E-state index contributed by atoms with van der Waals surface area (Å²) in [5.41, 5.74) is -0.165. The standard InChI is InChI=1S/C10H12F3N3O3S/c1-2-16(5-10(11,12)13)9(19)14-3-7-15-6(4-20-7)8(17)18/h4H,2-3,5H2,1H3,(H,14,19)(H,17,18). The van der Waals surface area contributed by atoms with E-state index < -0.39 is 24.7 Å². The van der Waals surface area contributed by atoms with Crippen molar-refractivity contribution in [2.24, 2.45) is 0 Å². The van der Waals surface area contributed by atoms with E-state index >= 15 is 0 Å². The number of carboxylic acids is 1. The highest BCUT2D eigenvalue weighted by Crippen LogP contribution is 2.16. The zero-order chi connectivity index (χ0) is 15.3. The Bertz CT molecular complexity index is 490. The summed E-state index contributed by atoms with van der Waals surface area (Å²) in [5.74, 6) is -1.20. The van der Waals surface area contributed by atoms with Gasteiger partial charge in [-0.2, -0.15) is 13.2 Å². The Hall–Kier alpha value is -1.84. The molecule has 6 nitrogen and oxygen atoms in total. The molecule has 0 bridgehead atoms. The molecule has 0 aliphatic carbocycles. The minimum absolute atomic E-state index is 0.0937. The third kappa shape index (κ3) is 5.03. The first kappa shape index (κ1) is 16.2. The van der Waals surface area contributed by atoms with E-state index in [2.05, 4.69) is 10.3 Å². The van der Waals surface area contributed by atoms with Gasteiger partial charge in [-0.05, 0) is 6.92 Å². The Labute approximate surface area is 116 Å². The van der Waals surface area contributed by atoms with E-state index in [0.29, 0.717) is 9.91 Å². The van der Waals surface area contributed by atoms with Crippen molar-refractivity contribution >= 4 is 23.3 Å². The Morgan fingerprint density at radius 3 is 2.60 bits per heavy atom. The smallest absolute Gasteiger partial charge is 0.406 e. The van der Waals surface area contributed by atoms with E-state index in [9.17, 15) is 22.8 Å². The topological polar surface area (TPSA) is 82.5 Å². The zero-order valence-corrected chi connectivity index (χ0v) is 11.2. The molecule has 0 aliphatic rings. The van der Waals surface area contributed by atoms with Gasteiger partial charge in [0, 0.05) is 11.9 Å². The molecule has 0 saturated carbocycles. The molecule has 1 rings (SSSR count). The van der Waals surface area contributed by atoms with Crippen LogP contribution in [0.4, 0.5) is 18.0 Å². The largest absolute Gasteiger partial charge is 0.476 e. The maximum absolute atomic E-state index is 12.2. The van der Waals surface area contributed by atoms with Crippen LogP contribution in [-0.4, -0.2) is 46.3 Å². The van der Waals surface area contributed by atoms with Gasteiger partial charge in [0.1, 0.15) is 11.6 Å². The maximum atomic E-state index is 12.2. The molecule has 0 saturated heterocycles. The predicted octanol–water partition coefficient (Wildman–Crippen LogP) is 1.94. The molecule has 112 valence electrons. The van der Waals surface area contributed by atoms with Gasteiger partial charge >= 0.3 is 18.2 Å². The first-order valence-electron chi connectivity index (χ1n) is 5.50. The molecular weight excluding hydrogens is 299 g/mol. The van der Waals surface area contributed by atoms with Crippen LogP contribution >= 0.6 is 11.3 Å². The number of urea groups is 1. The van der Waals surface area contributed by atoms with Crippen LogP contribution in [0.5, 0.6) is 0 Å². The summed E-state index contributed by atoms with van der Waals surface area (Å²) in [5, 5.41) is 12.5. The molecular formula is C10H12F3N3O3S. The van der Waals surface area contributed by atoms with Gasteiger partial charge in [-0.25, -0.2) is 14.6 Å². The van der Waals surface area contributed by atoms with Crippen LogP contribution in [0, 0.1) is 0 Å². The number of carbonyl (C=O) groups excluding carboxylic acids is 1. The summed E-state index contributed by atoms with van der Waals surface area (Å²) in [7, 11) is 0. The number of hydrogen-bond donors (Lipinski definition) is 2. The number of carboxylic acid groups (broad SMARTS) is 1. The van der Waals surface area contributed by atoms with Crippen molar-refractivity contribution in [3.05, 3.63) is 16.1 Å². The number of nitrogens with zero attached hydrogens (tertiary/aromatic N) is 2. The van der Waals surface area contributed by atoms with Crippen molar-refractivity contribution in [2.45, 2.75) is 19.6 Å². The molecule has 1 heterocycles. The third-order valence-corrected chi connectivity index (χ3v) is 3.05. The molecule has 1 aromatic rings. The lowest BCUT2D eigenvalue weighted by Crippen LogP contribution is -2.44. The van der Waals surface area contributed by atoms with Crippen LogP contribution in [0.3, 0.4) is 0 Å². The number of rotatable bonds is 5. The van der Waals surface area contributed by atoms with Gasteiger partial charge in [0.05, 0.1) is 6.54 Å². The number of thiazole rings is 1. The lowest BCUT2D eigenvalue weighted by atomic mass is 10.5. The summed E-state index contributed by atoms with van der Waals surface area (Å²) in [6, 6.07) is -0.878. The number of aromatic nitrogens is 1. The number of aromatic carboxylic acids is 1. The normalized spacial score (nSPS) is 11.2. The van der Waals surface area contributed by atoms with Gasteiger partial charge in [0.2, 0.25) is 0 Å². The van der Waals surface area contributed by atoms with E-state index in [1.165, 1.54) is 12.3 Å². The highest BCUT2D eigenvalue weighted by molar-refractivity contribution is 7.09. The Morgan fingerprint density at radius 2 is 2.15 bits per heavy atom. The van der Waals surface area contributed by atoms with Crippen LogP contribution in [0.25, 0.3) is 0 Å². The molecule has 0 atom stereocenters. The number of hydrogen-bond acceptors (Lipinski definition) is 4. The number of nitrogens with one attached hydrogen (secondary N) is 1.